The molecule has 2 rings (SSSR count). The van der Waals surface area contributed by atoms with Gasteiger partial charge in [-0.1, -0.05) is 44.2 Å². The van der Waals surface area contributed by atoms with Gasteiger partial charge < -0.3 is 19.2 Å². The van der Waals surface area contributed by atoms with Gasteiger partial charge in [-0.15, -0.1) is 0 Å². The number of carbonyl (C=O) groups is 2. The molecular weight excluding hydrogens is 372 g/mol. The van der Waals surface area contributed by atoms with Crippen molar-refractivity contribution >= 4 is 12.1 Å². The summed E-state index contributed by atoms with van der Waals surface area (Å²) in [5.74, 6) is 0.209. The maximum Gasteiger partial charge on any atom is 0.408 e. The van der Waals surface area contributed by atoms with Crippen LogP contribution in [0.25, 0.3) is 0 Å². The first-order valence-corrected chi connectivity index (χ1v) is 9.75. The Morgan fingerprint density at radius 3 is 2.45 bits per heavy atom. The molecule has 1 amide bonds. The molecule has 0 spiro atoms. The van der Waals surface area contributed by atoms with Crippen molar-refractivity contribution in [1.29, 1.82) is 0 Å². The Morgan fingerprint density at radius 1 is 1.14 bits per heavy atom. The van der Waals surface area contributed by atoms with Crippen LogP contribution >= 0.6 is 0 Å². The molecule has 7 heteroatoms. The zero-order chi connectivity index (χ0) is 21.4. The Kier molecular flexibility index (Phi) is 7.82. The van der Waals surface area contributed by atoms with Gasteiger partial charge in [-0.25, -0.2) is 14.6 Å². The number of alkyl carbamates (subject to hydrolysis) is 1. The van der Waals surface area contributed by atoms with E-state index >= 15 is 0 Å². The number of carbonyl (C=O) groups excluding carboxylic acids is 2. The Bertz CT molecular complexity index is 793. The Balaban J connectivity index is 2.06. The Hall–Kier alpha value is -2.83. The van der Waals surface area contributed by atoms with Crippen molar-refractivity contribution in [2.75, 3.05) is 0 Å². The van der Waals surface area contributed by atoms with Crippen molar-refractivity contribution in [3.63, 3.8) is 0 Å². The van der Waals surface area contributed by atoms with Gasteiger partial charge in [-0.05, 0) is 38.7 Å². The smallest absolute Gasteiger partial charge is 0.408 e. The third kappa shape index (κ3) is 8.37. The molecule has 2 aromatic rings. The molecule has 0 fully saturated rings. The van der Waals surface area contributed by atoms with Crippen LogP contribution in [0.3, 0.4) is 0 Å². The highest BCUT2D eigenvalue weighted by Gasteiger charge is 2.27. The van der Waals surface area contributed by atoms with E-state index in [0.717, 1.165) is 17.7 Å². The van der Waals surface area contributed by atoms with Crippen LogP contribution < -0.4 is 5.32 Å². The monoisotopic (exact) mass is 402 g/mol. The average molecular weight is 402 g/mol. The van der Waals surface area contributed by atoms with Crippen LogP contribution in [0.4, 0.5) is 4.79 Å². The fourth-order valence-electron chi connectivity index (χ4n) is 2.60. The van der Waals surface area contributed by atoms with Crippen molar-refractivity contribution in [2.45, 2.75) is 65.7 Å². The number of rotatable bonds is 8. The lowest BCUT2D eigenvalue weighted by Crippen LogP contribution is -2.45. The number of hydrogen-bond acceptors (Lipinski definition) is 6. The first-order valence-electron chi connectivity index (χ1n) is 9.75. The molecule has 0 unspecified atom stereocenters. The number of benzene rings is 1. The molecule has 1 heterocycles. The van der Waals surface area contributed by atoms with E-state index < -0.39 is 23.7 Å². The molecule has 0 aliphatic carbocycles. The lowest BCUT2D eigenvalue weighted by Gasteiger charge is -2.22. The minimum Gasteiger partial charge on any atom is -0.459 e. The number of amides is 1. The third-order valence-corrected chi connectivity index (χ3v) is 3.79. The van der Waals surface area contributed by atoms with E-state index in [4.69, 9.17) is 13.9 Å². The normalized spacial score (nSPS) is 12.5. The number of nitrogens with zero attached hydrogens (tertiary/aromatic N) is 1. The summed E-state index contributed by atoms with van der Waals surface area (Å²) in [6.45, 7) is 9.53. The van der Waals surface area contributed by atoms with Gasteiger partial charge in [0, 0.05) is 0 Å². The van der Waals surface area contributed by atoms with Gasteiger partial charge >= 0.3 is 12.1 Å². The quantitative estimate of drug-likeness (QED) is 0.670. The minimum atomic E-state index is -0.973. The van der Waals surface area contributed by atoms with E-state index in [9.17, 15) is 9.59 Å². The van der Waals surface area contributed by atoms with Crippen molar-refractivity contribution < 1.29 is 23.5 Å². The number of oxazole rings is 1. The number of aromatic nitrogens is 1. The van der Waals surface area contributed by atoms with Gasteiger partial charge in [-0.2, -0.15) is 0 Å². The predicted octanol–water partition coefficient (Wildman–Crippen LogP) is 4.05. The van der Waals surface area contributed by atoms with Crippen LogP contribution in [-0.2, 0) is 33.7 Å². The SMILES string of the molecule is CC(C)Cc1coc(C[C@H](NC(=O)OC(C)(C)C)C(=O)OCc2ccccc2)n1. The molecule has 0 aliphatic heterocycles. The molecule has 158 valence electrons. The van der Waals surface area contributed by atoms with Gasteiger partial charge in [0.25, 0.3) is 0 Å². The molecule has 1 aromatic carbocycles. The standard InChI is InChI=1S/C22H30N2O5/c1-15(2)11-17-14-27-19(23-17)12-18(24-21(26)29-22(3,4)5)20(25)28-13-16-9-7-6-8-10-16/h6-10,14-15,18H,11-13H2,1-5H3,(H,24,26)/t18-/m0/s1. The van der Waals surface area contributed by atoms with Crippen LogP contribution in [0.1, 0.15) is 51.8 Å². The summed E-state index contributed by atoms with van der Waals surface area (Å²) < 4.78 is 16.1. The zero-order valence-electron chi connectivity index (χ0n) is 17.7. The molecule has 0 aliphatic rings. The highest BCUT2D eigenvalue weighted by atomic mass is 16.6. The van der Waals surface area contributed by atoms with Crippen molar-refractivity contribution in [1.82, 2.24) is 10.3 Å². The lowest BCUT2D eigenvalue weighted by atomic mass is 10.1. The minimum absolute atomic E-state index is 0.0744. The molecule has 0 saturated carbocycles. The summed E-state index contributed by atoms with van der Waals surface area (Å²) in [6, 6.07) is 8.35. The van der Waals surface area contributed by atoms with Gasteiger partial charge in [0.15, 0.2) is 5.89 Å². The number of hydrogen-bond donors (Lipinski definition) is 1. The van der Waals surface area contributed by atoms with Crippen molar-refractivity contribution in [3.05, 3.63) is 53.7 Å². The molecule has 7 nitrogen and oxygen atoms in total. The van der Waals surface area contributed by atoms with Crippen molar-refractivity contribution in [2.24, 2.45) is 5.92 Å². The number of esters is 1. The second kappa shape index (κ2) is 10.1. The number of ether oxygens (including phenoxy) is 2. The van der Waals surface area contributed by atoms with Crippen molar-refractivity contribution in [3.8, 4) is 0 Å². The molecule has 29 heavy (non-hydrogen) atoms. The zero-order valence-corrected chi connectivity index (χ0v) is 17.7. The maximum atomic E-state index is 12.6. The predicted molar refractivity (Wildman–Crippen MR) is 108 cm³/mol. The fraction of sp³-hybridized carbons (Fsp3) is 0.500. The third-order valence-electron chi connectivity index (χ3n) is 3.79. The Labute approximate surface area is 171 Å². The molecule has 0 saturated heterocycles. The van der Waals surface area contributed by atoms with Gasteiger partial charge in [0.2, 0.25) is 0 Å². The van der Waals surface area contributed by atoms with E-state index in [2.05, 4.69) is 24.1 Å². The fourth-order valence-corrected chi connectivity index (χ4v) is 2.60. The second-order valence-electron chi connectivity index (χ2n) is 8.33. The molecule has 1 aromatic heterocycles. The van der Waals surface area contributed by atoms with E-state index in [-0.39, 0.29) is 13.0 Å². The van der Waals surface area contributed by atoms with E-state index in [1.807, 2.05) is 30.3 Å². The lowest BCUT2D eigenvalue weighted by molar-refractivity contribution is -0.147. The summed E-state index contributed by atoms with van der Waals surface area (Å²) in [5, 5.41) is 2.57. The first-order chi connectivity index (χ1) is 13.6. The molecular formula is C22H30N2O5. The van der Waals surface area contributed by atoms with E-state index in [1.54, 1.807) is 27.0 Å². The average Bonchev–Trinajstić information content (AvgIpc) is 3.04. The maximum absolute atomic E-state index is 12.6. The van der Waals surface area contributed by atoms with Crippen LogP contribution in [0, 0.1) is 5.92 Å². The molecule has 0 radical (unpaired) electrons. The van der Waals surface area contributed by atoms with Gasteiger partial charge in [-0.3, -0.25) is 0 Å². The Morgan fingerprint density at radius 2 is 1.83 bits per heavy atom. The largest absolute Gasteiger partial charge is 0.459 e. The molecule has 1 atom stereocenters. The van der Waals surface area contributed by atoms with Crippen LogP contribution in [0.2, 0.25) is 0 Å². The summed E-state index contributed by atoms with van der Waals surface area (Å²) in [5.41, 5.74) is 0.978. The van der Waals surface area contributed by atoms with E-state index in [1.165, 1.54) is 0 Å². The van der Waals surface area contributed by atoms with Gasteiger partial charge in [0.05, 0.1) is 12.1 Å². The first kappa shape index (κ1) is 22.5. The molecule has 1 N–H and O–H groups in total. The summed E-state index contributed by atoms with van der Waals surface area (Å²) in [7, 11) is 0. The van der Waals surface area contributed by atoms with Gasteiger partial charge in [0.1, 0.15) is 24.5 Å². The number of nitrogens with one attached hydrogen (secondary N) is 1. The highest BCUT2D eigenvalue weighted by molar-refractivity contribution is 5.81. The van der Waals surface area contributed by atoms with Crippen LogP contribution in [-0.4, -0.2) is 28.7 Å². The van der Waals surface area contributed by atoms with Crippen LogP contribution in [0.5, 0.6) is 0 Å². The summed E-state index contributed by atoms with van der Waals surface area (Å²) in [4.78, 5) is 29.2. The summed E-state index contributed by atoms with van der Waals surface area (Å²) >= 11 is 0. The van der Waals surface area contributed by atoms with E-state index in [0.29, 0.717) is 11.8 Å². The highest BCUT2D eigenvalue weighted by Crippen LogP contribution is 2.12. The molecule has 0 bridgehead atoms. The topological polar surface area (TPSA) is 90.7 Å². The van der Waals surface area contributed by atoms with Crippen LogP contribution in [0.15, 0.2) is 41.0 Å². The second-order valence-corrected chi connectivity index (χ2v) is 8.33. The summed E-state index contributed by atoms with van der Waals surface area (Å²) in [6.07, 6.45) is 1.72.